The van der Waals surface area contributed by atoms with Gasteiger partial charge in [-0.15, -0.1) is 0 Å². The fourth-order valence-corrected chi connectivity index (χ4v) is 3.97. The molecule has 2 rings (SSSR count). The SMILES string of the molecule is COc1ccc(Br)cc1S(=O)(=O)N(C)Cc1ccccc1C. The van der Waals surface area contributed by atoms with E-state index in [2.05, 4.69) is 15.9 Å². The van der Waals surface area contributed by atoms with Crippen LogP contribution in [0, 0.1) is 6.92 Å². The average Bonchev–Trinajstić information content (AvgIpc) is 2.49. The number of ether oxygens (including phenoxy) is 1. The Balaban J connectivity index is 2.38. The summed E-state index contributed by atoms with van der Waals surface area (Å²) in [7, 11) is -0.607. The smallest absolute Gasteiger partial charge is 0.246 e. The van der Waals surface area contributed by atoms with Crippen LogP contribution in [0.5, 0.6) is 5.75 Å². The summed E-state index contributed by atoms with van der Waals surface area (Å²) in [6, 6.07) is 12.7. The topological polar surface area (TPSA) is 46.6 Å². The van der Waals surface area contributed by atoms with E-state index in [1.807, 2.05) is 31.2 Å². The highest BCUT2D eigenvalue weighted by molar-refractivity contribution is 9.10. The van der Waals surface area contributed by atoms with Crippen molar-refractivity contribution in [2.24, 2.45) is 0 Å². The van der Waals surface area contributed by atoms with Gasteiger partial charge in [-0.1, -0.05) is 40.2 Å². The van der Waals surface area contributed by atoms with Crippen molar-refractivity contribution in [3.63, 3.8) is 0 Å². The Kier molecular flexibility index (Phi) is 5.26. The predicted molar refractivity (Wildman–Crippen MR) is 90.5 cm³/mol. The largest absolute Gasteiger partial charge is 0.495 e. The standard InChI is InChI=1S/C16H18BrNO3S/c1-12-6-4-5-7-13(12)11-18(2)22(19,20)16-10-14(17)8-9-15(16)21-3/h4-10H,11H2,1-3H3. The molecule has 0 aromatic heterocycles. The van der Waals surface area contributed by atoms with E-state index < -0.39 is 10.0 Å². The molecule has 0 radical (unpaired) electrons. The molecule has 0 bridgehead atoms. The van der Waals surface area contributed by atoms with Crippen LogP contribution >= 0.6 is 15.9 Å². The summed E-state index contributed by atoms with van der Waals surface area (Å²) in [5.74, 6) is 0.333. The van der Waals surface area contributed by atoms with Crippen LogP contribution in [0.25, 0.3) is 0 Å². The second-order valence-corrected chi connectivity index (χ2v) is 7.91. The third-order valence-electron chi connectivity index (χ3n) is 3.47. The highest BCUT2D eigenvalue weighted by atomic mass is 79.9. The minimum absolute atomic E-state index is 0.153. The van der Waals surface area contributed by atoms with Gasteiger partial charge in [-0.25, -0.2) is 8.42 Å². The minimum Gasteiger partial charge on any atom is -0.495 e. The Morgan fingerprint density at radius 3 is 2.50 bits per heavy atom. The van der Waals surface area contributed by atoms with Crippen molar-refractivity contribution in [1.82, 2.24) is 4.31 Å². The number of benzene rings is 2. The molecule has 0 unspecified atom stereocenters. The predicted octanol–water partition coefficient (Wildman–Crippen LogP) is 3.59. The summed E-state index contributed by atoms with van der Waals surface area (Å²) < 4.78 is 32.8. The van der Waals surface area contributed by atoms with Crippen molar-refractivity contribution in [2.45, 2.75) is 18.4 Å². The summed E-state index contributed by atoms with van der Waals surface area (Å²) in [6.45, 7) is 2.28. The normalized spacial score (nSPS) is 11.7. The van der Waals surface area contributed by atoms with Crippen LogP contribution in [-0.4, -0.2) is 26.9 Å². The van der Waals surface area contributed by atoms with Gasteiger partial charge >= 0.3 is 0 Å². The highest BCUT2D eigenvalue weighted by Crippen LogP contribution is 2.30. The quantitative estimate of drug-likeness (QED) is 0.792. The molecule has 2 aromatic carbocycles. The third kappa shape index (κ3) is 3.51. The number of nitrogens with zero attached hydrogens (tertiary/aromatic N) is 1. The number of methoxy groups -OCH3 is 1. The van der Waals surface area contributed by atoms with Crippen LogP contribution in [0.1, 0.15) is 11.1 Å². The number of sulfonamides is 1. The molecule has 0 spiro atoms. The van der Waals surface area contributed by atoms with Crippen molar-refractivity contribution in [2.75, 3.05) is 14.2 Å². The number of halogens is 1. The van der Waals surface area contributed by atoms with Crippen molar-refractivity contribution in [3.8, 4) is 5.75 Å². The fourth-order valence-electron chi connectivity index (χ4n) is 2.13. The van der Waals surface area contributed by atoms with Gasteiger partial charge in [0, 0.05) is 18.1 Å². The van der Waals surface area contributed by atoms with Gasteiger partial charge in [0.25, 0.3) is 0 Å². The monoisotopic (exact) mass is 383 g/mol. The Bertz CT molecular complexity index is 775. The summed E-state index contributed by atoms with van der Waals surface area (Å²) in [5.41, 5.74) is 2.04. The van der Waals surface area contributed by atoms with E-state index >= 15 is 0 Å². The van der Waals surface area contributed by atoms with E-state index in [1.54, 1.807) is 25.2 Å². The van der Waals surface area contributed by atoms with Crippen LogP contribution in [0.2, 0.25) is 0 Å². The van der Waals surface area contributed by atoms with E-state index in [0.29, 0.717) is 16.8 Å². The lowest BCUT2D eigenvalue weighted by molar-refractivity contribution is 0.397. The molecule has 0 aliphatic heterocycles. The van der Waals surface area contributed by atoms with E-state index in [0.717, 1.165) is 11.1 Å². The molecule has 2 aromatic rings. The maximum Gasteiger partial charge on any atom is 0.246 e. The Morgan fingerprint density at radius 2 is 1.86 bits per heavy atom. The molecule has 0 saturated heterocycles. The zero-order valence-electron chi connectivity index (χ0n) is 12.7. The fraction of sp³-hybridized carbons (Fsp3) is 0.250. The van der Waals surface area contributed by atoms with Crippen molar-refractivity contribution < 1.29 is 13.2 Å². The van der Waals surface area contributed by atoms with Gasteiger partial charge in [0.15, 0.2) is 0 Å². The van der Waals surface area contributed by atoms with E-state index in [-0.39, 0.29) is 4.90 Å². The maximum atomic E-state index is 12.8. The number of rotatable bonds is 5. The Labute approximate surface area is 139 Å². The molecule has 0 N–H and O–H groups in total. The molecule has 4 nitrogen and oxygen atoms in total. The van der Waals surface area contributed by atoms with Crippen LogP contribution in [0.15, 0.2) is 51.8 Å². The van der Waals surface area contributed by atoms with Crippen LogP contribution < -0.4 is 4.74 Å². The van der Waals surface area contributed by atoms with E-state index in [1.165, 1.54) is 11.4 Å². The first kappa shape index (κ1) is 17.0. The molecule has 118 valence electrons. The van der Waals surface area contributed by atoms with Crippen LogP contribution in [-0.2, 0) is 16.6 Å². The number of hydrogen-bond acceptors (Lipinski definition) is 3. The van der Waals surface area contributed by atoms with Crippen molar-refractivity contribution >= 4 is 26.0 Å². The van der Waals surface area contributed by atoms with Gasteiger partial charge in [0.2, 0.25) is 10.0 Å². The molecule has 6 heteroatoms. The second kappa shape index (κ2) is 6.81. The average molecular weight is 384 g/mol. The number of aryl methyl sites for hydroxylation is 1. The summed E-state index contributed by atoms with van der Waals surface area (Å²) in [5, 5.41) is 0. The lowest BCUT2D eigenvalue weighted by Crippen LogP contribution is -2.27. The molecule has 0 aliphatic rings. The molecular formula is C16H18BrNO3S. The molecule has 0 atom stereocenters. The van der Waals surface area contributed by atoms with Gasteiger partial charge < -0.3 is 4.74 Å². The van der Waals surface area contributed by atoms with Crippen LogP contribution in [0.4, 0.5) is 0 Å². The molecule has 0 saturated carbocycles. The first-order valence-corrected chi connectivity index (χ1v) is 8.94. The summed E-state index contributed by atoms with van der Waals surface area (Å²) in [6.07, 6.45) is 0. The van der Waals surface area contributed by atoms with E-state index in [9.17, 15) is 8.42 Å². The van der Waals surface area contributed by atoms with Gasteiger partial charge in [-0.05, 0) is 36.2 Å². The third-order valence-corrected chi connectivity index (χ3v) is 5.79. The molecular weight excluding hydrogens is 366 g/mol. The zero-order chi connectivity index (χ0) is 16.3. The molecule has 0 amide bonds. The Hall–Kier alpha value is -1.37. The van der Waals surface area contributed by atoms with E-state index in [4.69, 9.17) is 4.74 Å². The number of hydrogen-bond donors (Lipinski definition) is 0. The van der Waals surface area contributed by atoms with Crippen molar-refractivity contribution in [1.29, 1.82) is 0 Å². The maximum absolute atomic E-state index is 12.8. The Morgan fingerprint density at radius 1 is 1.18 bits per heavy atom. The highest BCUT2D eigenvalue weighted by Gasteiger charge is 2.25. The lowest BCUT2D eigenvalue weighted by atomic mass is 10.1. The zero-order valence-corrected chi connectivity index (χ0v) is 15.1. The van der Waals surface area contributed by atoms with Crippen LogP contribution in [0.3, 0.4) is 0 Å². The first-order chi connectivity index (χ1) is 10.4. The summed E-state index contributed by atoms with van der Waals surface area (Å²) >= 11 is 3.31. The molecule has 0 heterocycles. The molecule has 22 heavy (non-hydrogen) atoms. The van der Waals surface area contributed by atoms with Crippen molar-refractivity contribution in [3.05, 3.63) is 58.1 Å². The van der Waals surface area contributed by atoms with Gasteiger partial charge in [0.1, 0.15) is 10.6 Å². The molecule has 0 aliphatic carbocycles. The molecule has 0 fully saturated rings. The lowest BCUT2D eigenvalue weighted by Gasteiger charge is -2.20. The van der Waals surface area contributed by atoms with Gasteiger partial charge in [0.05, 0.1) is 7.11 Å². The van der Waals surface area contributed by atoms with Gasteiger partial charge in [-0.2, -0.15) is 4.31 Å². The second-order valence-electron chi connectivity index (χ2n) is 4.98. The minimum atomic E-state index is -3.64. The first-order valence-electron chi connectivity index (χ1n) is 6.70. The van der Waals surface area contributed by atoms with Gasteiger partial charge in [-0.3, -0.25) is 0 Å². The summed E-state index contributed by atoms with van der Waals surface area (Å²) in [4.78, 5) is 0.153.